The molecule has 3 N–H and O–H groups in total. The van der Waals surface area contributed by atoms with Crippen molar-refractivity contribution in [2.45, 2.75) is 82.7 Å². The van der Waals surface area contributed by atoms with Crippen LogP contribution in [0.1, 0.15) is 81.0 Å². The van der Waals surface area contributed by atoms with Crippen molar-refractivity contribution in [3.8, 4) is 0 Å². The van der Waals surface area contributed by atoms with Crippen molar-refractivity contribution >= 4 is 11.8 Å². The van der Waals surface area contributed by atoms with E-state index in [0.717, 1.165) is 38.5 Å². The Bertz CT molecular complexity index is 765. The Morgan fingerprint density at radius 3 is 1.59 bits per heavy atom. The lowest BCUT2D eigenvalue weighted by atomic mass is 9.97. The van der Waals surface area contributed by atoms with E-state index in [1.54, 1.807) is 0 Å². The number of amides is 2. The van der Waals surface area contributed by atoms with Crippen molar-refractivity contribution in [1.29, 1.82) is 0 Å². The SMILES string of the molecule is O=C(NC(CO)C(=O)NC1CCCCCCCCCCC1)c1c(F)c(F)c(F)c(F)c1F. The summed E-state index contributed by atoms with van der Waals surface area (Å²) in [7, 11) is 0. The molecule has 1 aromatic rings. The van der Waals surface area contributed by atoms with Gasteiger partial charge >= 0.3 is 0 Å². The van der Waals surface area contributed by atoms with Crippen LogP contribution in [-0.2, 0) is 4.79 Å². The normalized spacial score (nSPS) is 17.7. The Kier molecular flexibility index (Phi) is 10.3. The predicted molar refractivity (Wildman–Crippen MR) is 107 cm³/mol. The second-order valence-electron chi connectivity index (χ2n) is 8.12. The molecule has 5 nitrogen and oxygen atoms in total. The first-order chi connectivity index (χ1) is 15.3. The number of halogens is 5. The molecule has 1 fully saturated rings. The van der Waals surface area contributed by atoms with Crippen LogP contribution in [0.3, 0.4) is 0 Å². The molecule has 1 aliphatic carbocycles. The van der Waals surface area contributed by atoms with Gasteiger partial charge < -0.3 is 15.7 Å². The third kappa shape index (κ3) is 6.88. The first-order valence-electron chi connectivity index (χ1n) is 11.0. The van der Waals surface area contributed by atoms with Gasteiger partial charge in [0.1, 0.15) is 11.6 Å². The molecule has 1 saturated carbocycles. The summed E-state index contributed by atoms with van der Waals surface area (Å²) in [6, 6.07) is -1.82. The minimum absolute atomic E-state index is 0.206. The van der Waals surface area contributed by atoms with Crippen LogP contribution in [0.5, 0.6) is 0 Å². The van der Waals surface area contributed by atoms with Gasteiger partial charge in [0, 0.05) is 6.04 Å². The molecule has 2 amide bonds. The van der Waals surface area contributed by atoms with Gasteiger partial charge in [-0.2, -0.15) is 0 Å². The first-order valence-corrected chi connectivity index (χ1v) is 11.0. The number of rotatable bonds is 5. The summed E-state index contributed by atoms with van der Waals surface area (Å²) >= 11 is 0. The second kappa shape index (κ2) is 12.7. The lowest BCUT2D eigenvalue weighted by Crippen LogP contribution is -2.51. The minimum atomic E-state index is -2.39. The zero-order chi connectivity index (χ0) is 23.7. The highest BCUT2D eigenvalue weighted by molar-refractivity contribution is 5.98. The van der Waals surface area contributed by atoms with Gasteiger partial charge in [-0.05, 0) is 12.8 Å². The lowest BCUT2D eigenvalue weighted by molar-refractivity contribution is -0.124. The molecule has 1 atom stereocenters. The van der Waals surface area contributed by atoms with Crippen molar-refractivity contribution in [1.82, 2.24) is 10.6 Å². The van der Waals surface area contributed by atoms with E-state index in [2.05, 4.69) is 5.32 Å². The van der Waals surface area contributed by atoms with Crippen molar-refractivity contribution in [2.75, 3.05) is 6.61 Å². The molecule has 32 heavy (non-hydrogen) atoms. The quantitative estimate of drug-likeness (QED) is 0.346. The summed E-state index contributed by atoms with van der Waals surface area (Å²) in [5.74, 6) is -14.0. The highest BCUT2D eigenvalue weighted by Crippen LogP contribution is 2.23. The highest BCUT2D eigenvalue weighted by Gasteiger charge is 2.32. The molecule has 0 aromatic heterocycles. The molecule has 0 radical (unpaired) electrons. The maximum atomic E-state index is 13.9. The molecule has 2 rings (SSSR count). The van der Waals surface area contributed by atoms with E-state index in [4.69, 9.17) is 0 Å². The molecule has 1 aromatic carbocycles. The first kappa shape index (κ1) is 26.0. The second-order valence-corrected chi connectivity index (χ2v) is 8.12. The number of carbonyl (C=O) groups is 2. The van der Waals surface area contributed by atoms with Crippen molar-refractivity contribution in [2.24, 2.45) is 0 Å². The molecule has 0 spiro atoms. The van der Waals surface area contributed by atoms with E-state index >= 15 is 0 Å². The number of aliphatic hydroxyl groups is 1. The topological polar surface area (TPSA) is 78.4 Å². The van der Waals surface area contributed by atoms with E-state index in [9.17, 15) is 36.6 Å². The van der Waals surface area contributed by atoms with E-state index in [1.807, 2.05) is 5.32 Å². The molecule has 0 bridgehead atoms. The van der Waals surface area contributed by atoms with E-state index in [0.29, 0.717) is 12.8 Å². The third-order valence-corrected chi connectivity index (χ3v) is 5.69. The van der Waals surface area contributed by atoms with Gasteiger partial charge in [-0.3, -0.25) is 9.59 Å². The number of nitrogens with one attached hydrogen (secondary N) is 2. The largest absolute Gasteiger partial charge is 0.394 e. The van der Waals surface area contributed by atoms with Gasteiger partial charge in [-0.15, -0.1) is 0 Å². The van der Waals surface area contributed by atoms with Crippen LogP contribution >= 0.6 is 0 Å². The molecule has 0 saturated heterocycles. The van der Waals surface area contributed by atoms with Gasteiger partial charge in [-0.1, -0.05) is 57.8 Å². The van der Waals surface area contributed by atoms with Gasteiger partial charge in [-0.25, -0.2) is 22.0 Å². The molecule has 1 unspecified atom stereocenters. The Morgan fingerprint density at radius 2 is 1.16 bits per heavy atom. The molecule has 0 heterocycles. The molecule has 1 aliphatic rings. The monoisotopic (exact) mass is 464 g/mol. The van der Waals surface area contributed by atoms with Crippen LogP contribution in [-0.4, -0.2) is 35.6 Å². The molecule has 10 heteroatoms. The van der Waals surface area contributed by atoms with Crippen LogP contribution in [0.2, 0.25) is 0 Å². The van der Waals surface area contributed by atoms with Crippen LogP contribution in [0.15, 0.2) is 0 Å². The fourth-order valence-electron chi connectivity index (χ4n) is 3.84. The minimum Gasteiger partial charge on any atom is -0.394 e. The van der Waals surface area contributed by atoms with Crippen LogP contribution in [0, 0.1) is 29.1 Å². The number of carbonyl (C=O) groups excluding carboxylic acids is 2. The fourth-order valence-corrected chi connectivity index (χ4v) is 3.84. The molecule has 180 valence electrons. The smallest absolute Gasteiger partial charge is 0.258 e. The number of benzene rings is 1. The zero-order valence-electron chi connectivity index (χ0n) is 17.8. The number of hydrogen-bond donors (Lipinski definition) is 3. The Labute approximate surface area is 183 Å². The predicted octanol–water partition coefficient (Wildman–Crippen LogP) is 4.26. The van der Waals surface area contributed by atoms with Crippen LogP contribution < -0.4 is 10.6 Å². The summed E-state index contributed by atoms with van der Waals surface area (Å²) in [6.07, 6.45) is 11.0. The summed E-state index contributed by atoms with van der Waals surface area (Å²) in [6.45, 7) is -0.917. The highest BCUT2D eigenvalue weighted by atomic mass is 19.2. The Balaban J connectivity index is 2.06. The number of hydrogen-bond acceptors (Lipinski definition) is 3. The summed E-state index contributed by atoms with van der Waals surface area (Å²) in [5.41, 5.74) is -1.71. The maximum absolute atomic E-state index is 13.9. The van der Waals surface area contributed by atoms with Crippen molar-refractivity contribution in [3.63, 3.8) is 0 Å². The van der Waals surface area contributed by atoms with Gasteiger partial charge in [0.15, 0.2) is 23.3 Å². The van der Waals surface area contributed by atoms with Gasteiger partial charge in [0.2, 0.25) is 11.7 Å². The maximum Gasteiger partial charge on any atom is 0.258 e. The van der Waals surface area contributed by atoms with Gasteiger partial charge in [0.25, 0.3) is 5.91 Å². The fraction of sp³-hybridized carbons (Fsp3) is 0.636. The van der Waals surface area contributed by atoms with Crippen LogP contribution in [0.25, 0.3) is 0 Å². The Hall–Kier alpha value is -2.23. The van der Waals surface area contributed by atoms with E-state index in [1.165, 1.54) is 19.3 Å². The van der Waals surface area contributed by atoms with Crippen molar-refractivity contribution in [3.05, 3.63) is 34.6 Å². The zero-order valence-corrected chi connectivity index (χ0v) is 17.8. The third-order valence-electron chi connectivity index (χ3n) is 5.69. The van der Waals surface area contributed by atoms with E-state index < -0.39 is 59.1 Å². The molecular weight excluding hydrogens is 435 g/mol. The Morgan fingerprint density at radius 1 is 0.750 bits per heavy atom. The lowest BCUT2D eigenvalue weighted by Gasteiger charge is -2.23. The number of aliphatic hydroxyl groups excluding tert-OH is 1. The summed E-state index contributed by atoms with van der Waals surface area (Å²) in [4.78, 5) is 24.7. The average Bonchev–Trinajstić information content (AvgIpc) is 2.76. The van der Waals surface area contributed by atoms with Crippen molar-refractivity contribution < 1.29 is 36.6 Å². The average molecular weight is 464 g/mol. The molecular formula is C22H29F5N2O3. The van der Waals surface area contributed by atoms with E-state index in [-0.39, 0.29) is 6.04 Å². The summed E-state index contributed by atoms with van der Waals surface area (Å²) < 4.78 is 67.6. The molecule has 0 aliphatic heterocycles. The summed E-state index contributed by atoms with van der Waals surface area (Å²) in [5, 5.41) is 14.1. The van der Waals surface area contributed by atoms with Gasteiger partial charge in [0.05, 0.1) is 6.61 Å². The standard InChI is InChI=1S/C22H29F5N2O3/c23-16-15(17(24)19(26)20(27)18(16)25)22(32)29-14(12-30)21(31)28-13-10-8-6-4-2-1-3-5-7-9-11-13/h13-14,30H,1-12H2,(H,28,31)(H,29,32). The van der Waals surface area contributed by atoms with Crippen LogP contribution in [0.4, 0.5) is 22.0 Å².